The number of hydrogen-bond acceptors (Lipinski definition) is 3. The van der Waals surface area contributed by atoms with E-state index in [-0.39, 0.29) is 0 Å². The molecule has 3 nitrogen and oxygen atoms in total. The maximum Gasteiger partial charge on any atom is 0.165 e. The lowest BCUT2D eigenvalue weighted by atomic mass is 10.1. The molecule has 0 saturated carbocycles. The minimum Gasteiger partial charge on any atom is -0.493 e. The van der Waals surface area contributed by atoms with Crippen molar-refractivity contribution in [2.75, 3.05) is 13.7 Å². The highest BCUT2D eigenvalue weighted by Crippen LogP contribution is 2.31. The third kappa shape index (κ3) is 5.04. The third-order valence-corrected chi connectivity index (χ3v) is 3.60. The van der Waals surface area contributed by atoms with E-state index in [4.69, 9.17) is 9.47 Å². The molecule has 0 fully saturated rings. The molecule has 1 rings (SSSR count). The summed E-state index contributed by atoms with van der Waals surface area (Å²) in [5.74, 6) is 2.31. The molecule has 3 heteroatoms. The van der Waals surface area contributed by atoms with Gasteiger partial charge < -0.3 is 14.8 Å². The predicted molar refractivity (Wildman–Crippen MR) is 84.5 cm³/mol. The molecule has 0 heterocycles. The predicted octanol–water partition coefficient (Wildman–Crippen LogP) is 4.01. The minimum absolute atomic E-state index is 0.452. The summed E-state index contributed by atoms with van der Waals surface area (Å²) in [6.07, 6.45) is 2.29. The Morgan fingerprint density at radius 2 is 1.85 bits per heavy atom. The molecule has 0 spiro atoms. The monoisotopic (exact) mass is 279 g/mol. The SMILES string of the molecule is CCC(CC)COc1c(CNC(C)C)cccc1OC. The lowest BCUT2D eigenvalue weighted by Crippen LogP contribution is -2.22. The summed E-state index contributed by atoms with van der Waals surface area (Å²) >= 11 is 0. The van der Waals surface area contributed by atoms with E-state index < -0.39 is 0 Å². The number of methoxy groups -OCH3 is 1. The van der Waals surface area contributed by atoms with Crippen LogP contribution in [0.4, 0.5) is 0 Å². The first kappa shape index (κ1) is 16.8. The largest absolute Gasteiger partial charge is 0.493 e. The van der Waals surface area contributed by atoms with Crippen LogP contribution in [0.2, 0.25) is 0 Å². The summed E-state index contributed by atoms with van der Waals surface area (Å²) in [5.41, 5.74) is 1.16. The lowest BCUT2D eigenvalue weighted by molar-refractivity contribution is 0.228. The van der Waals surface area contributed by atoms with Gasteiger partial charge in [-0.2, -0.15) is 0 Å². The Labute approximate surface area is 123 Å². The van der Waals surface area contributed by atoms with Crippen molar-refractivity contribution in [3.63, 3.8) is 0 Å². The lowest BCUT2D eigenvalue weighted by Gasteiger charge is -2.19. The van der Waals surface area contributed by atoms with E-state index >= 15 is 0 Å². The van der Waals surface area contributed by atoms with Crippen LogP contribution in [-0.2, 0) is 6.54 Å². The van der Waals surface area contributed by atoms with Crippen molar-refractivity contribution in [3.8, 4) is 11.5 Å². The number of ether oxygens (including phenoxy) is 2. The van der Waals surface area contributed by atoms with Crippen LogP contribution in [0.1, 0.15) is 46.1 Å². The third-order valence-electron chi connectivity index (χ3n) is 3.60. The second-order valence-electron chi connectivity index (χ2n) is 5.48. The highest BCUT2D eigenvalue weighted by molar-refractivity contribution is 5.46. The Kier molecular flexibility index (Phi) is 7.45. The van der Waals surface area contributed by atoms with Crippen LogP contribution in [-0.4, -0.2) is 19.8 Å². The fraction of sp³-hybridized carbons (Fsp3) is 0.647. The summed E-state index contributed by atoms with van der Waals surface area (Å²) in [6, 6.07) is 6.52. The average Bonchev–Trinajstić information content (AvgIpc) is 2.46. The summed E-state index contributed by atoms with van der Waals surface area (Å²) in [7, 11) is 1.69. The van der Waals surface area contributed by atoms with E-state index in [0.29, 0.717) is 12.0 Å². The van der Waals surface area contributed by atoms with Crippen molar-refractivity contribution >= 4 is 0 Å². The Bertz CT molecular complexity index is 387. The number of para-hydroxylation sites is 1. The zero-order valence-electron chi connectivity index (χ0n) is 13.5. The van der Waals surface area contributed by atoms with Gasteiger partial charge in [0.05, 0.1) is 13.7 Å². The van der Waals surface area contributed by atoms with Crippen LogP contribution < -0.4 is 14.8 Å². The molecule has 0 bridgehead atoms. The van der Waals surface area contributed by atoms with E-state index in [9.17, 15) is 0 Å². The molecule has 0 aliphatic carbocycles. The van der Waals surface area contributed by atoms with Gasteiger partial charge in [0.25, 0.3) is 0 Å². The van der Waals surface area contributed by atoms with Crippen LogP contribution in [0.3, 0.4) is 0 Å². The van der Waals surface area contributed by atoms with Gasteiger partial charge in [-0.3, -0.25) is 0 Å². The number of nitrogens with one attached hydrogen (secondary N) is 1. The van der Waals surface area contributed by atoms with Gasteiger partial charge in [0, 0.05) is 18.2 Å². The summed E-state index contributed by atoms with van der Waals surface area (Å²) in [5, 5.41) is 3.43. The molecular weight excluding hydrogens is 250 g/mol. The van der Waals surface area contributed by atoms with Crippen LogP contribution >= 0.6 is 0 Å². The van der Waals surface area contributed by atoms with Crippen molar-refractivity contribution in [3.05, 3.63) is 23.8 Å². The molecule has 0 aliphatic rings. The summed E-state index contributed by atoms with van der Waals surface area (Å²) in [4.78, 5) is 0. The van der Waals surface area contributed by atoms with E-state index in [2.05, 4.69) is 39.1 Å². The fourth-order valence-electron chi connectivity index (χ4n) is 2.06. The maximum absolute atomic E-state index is 6.07. The minimum atomic E-state index is 0.452. The van der Waals surface area contributed by atoms with Gasteiger partial charge in [0.2, 0.25) is 0 Å². The zero-order valence-corrected chi connectivity index (χ0v) is 13.5. The standard InChI is InChI=1S/C17H29NO2/c1-6-14(7-2)12-20-17-15(11-18-13(3)4)9-8-10-16(17)19-5/h8-10,13-14,18H,6-7,11-12H2,1-5H3. The Hall–Kier alpha value is -1.22. The first-order valence-electron chi connectivity index (χ1n) is 7.64. The first-order chi connectivity index (χ1) is 9.62. The highest BCUT2D eigenvalue weighted by atomic mass is 16.5. The van der Waals surface area contributed by atoms with Crippen molar-refractivity contribution in [2.45, 2.75) is 53.1 Å². The van der Waals surface area contributed by atoms with Crippen molar-refractivity contribution in [1.82, 2.24) is 5.32 Å². The Balaban J connectivity index is 2.83. The van der Waals surface area contributed by atoms with Crippen LogP contribution in [0.5, 0.6) is 11.5 Å². The van der Waals surface area contributed by atoms with E-state index in [1.165, 1.54) is 0 Å². The van der Waals surface area contributed by atoms with Gasteiger partial charge in [-0.1, -0.05) is 52.7 Å². The van der Waals surface area contributed by atoms with Crippen LogP contribution in [0, 0.1) is 5.92 Å². The maximum atomic E-state index is 6.07. The van der Waals surface area contributed by atoms with Gasteiger partial charge in [0.15, 0.2) is 11.5 Å². The zero-order chi connectivity index (χ0) is 15.0. The second kappa shape index (κ2) is 8.85. The molecule has 0 radical (unpaired) electrons. The highest BCUT2D eigenvalue weighted by Gasteiger charge is 2.13. The molecule has 20 heavy (non-hydrogen) atoms. The molecule has 0 unspecified atom stereocenters. The summed E-state index contributed by atoms with van der Waals surface area (Å²) in [6.45, 7) is 10.3. The number of benzene rings is 1. The van der Waals surface area contributed by atoms with E-state index in [1.54, 1.807) is 7.11 Å². The molecule has 114 valence electrons. The van der Waals surface area contributed by atoms with Gasteiger partial charge in [-0.15, -0.1) is 0 Å². The van der Waals surface area contributed by atoms with Gasteiger partial charge in [0.1, 0.15) is 0 Å². The topological polar surface area (TPSA) is 30.5 Å². The first-order valence-corrected chi connectivity index (χ1v) is 7.64. The molecule has 0 saturated heterocycles. The second-order valence-corrected chi connectivity index (χ2v) is 5.48. The number of rotatable bonds is 9. The van der Waals surface area contributed by atoms with Gasteiger partial charge in [-0.05, 0) is 12.0 Å². The van der Waals surface area contributed by atoms with E-state index in [0.717, 1.165) is 43.1 Å². The molecule has 1 aromatic carbocycles. The molecule has 0 amide bonds. The summed E-state index contributed by atoms with van der Waals surface area (Å²) < 4.78 is 11.5. The smallest absolute Gasteiger partial charge is 0.165 e. The molecule has 0 atom stereocenters. The molecule has 0 aromatic heterocycles. The Morgan fingerprint density at radius 1 is 1.15 bits per heavy atom. The van der Waals surface area contributed by atoms with Gasteiger partial charge >= 0.3 is 0 Å². The van der Waals surface area contributed by atoms with Gasteiger partial charge in [-0.25, -0.2) is 0 Å². The molecule has 1 N–H and O–H groups in total. The van der Waals surface area contributed by atoms with Crippen molar-refractivity contribution in [2.24, 2.45) is 5.92 Å². The number of hydrogen-bond donors (Lipinski definition) is 1. The van der Waals surface area contributed by atoms with E-state index in [1.807, 2.05) is 12.1 Å². The van der Waals surface area contributed by atoms with Crippen LogP contribution in [0.15, 0.2) is 18.2 Å². The van der Waals surface area contributed by atoms with Crippen molar-refractivity contribution < 1.29 is 9.47 Å². The normalized spacial score (nSPS) is 11.2. The fourth-order valence-corrected chi connectivity index (χ4v) is 2.06. The molecular formula is C17H29NO2. The molecule has 0 aliphatic heterocycles. The Morgan fingerprint density at radius 3 is 2.40 bits per heavy atom. The molecule has 1 aromatic rings. The van der Waals surface area contributed by atoms with Crippen LogP contribution in [0.25, 0.3) is 0 Å². The average molecular weight is 279 g/mol. The quantitative estimate of drug-likeness (QED) is 0.741. The van der Waals surface area contributed by atoms with Crippen molar-refractivity contribution in [1.29, 1.82) is 0 Å².